The van der Waals surface area contributed by atoms with Crippen LogP contribution in [0.2, 0.25) is 5.02 Å². The maximum absolute atomic E-state index is 16.6. The van der Waals surface area contributed by atoms with Crippen LogP contribution in [-0.2, 0) is 6.18 Å². The molecule has 6 rings (SSSR count). The zero-order chi connectivity index (χ0) is 30.5. The first-order chi connectivity index (χ1) is 20.6. The quantitative estimate of drug-likeness (QED) is 0.235. The van der Waals surface area contributed by atoms with Gasteiger partial charge in [-0.3, -0.25) is 4.68 Å². The fraction of sp³-hybridized carbons (Fsp3) is 0.452. The van der Waals surface area contributed by atoms with Crippen LogP contribution in [0.25, 0.3) is 32.9 Å². The summed E-state index contributed by atoms with van der Waals surface area (Å²) < 4.78 is 67.2. The topological polar surface area (TPSA) is 79.0 Å². The number of aromatic nitrogens is 3. The predicted octanol–water partition coefficient (Wildman–Crippen LogP) is 7.05. The zero-order valence-electron chi connectivity index (χ0n) is 23.8. The van der Waals surface area contributed by atoms with Crippen LogP contribution in [0.5, 0.6) is 5.88 Å². The minimum atomic E-state index is -4.72. The highest BCUT2D eigenvalue weighted by Gasteiger charge is 2.37. The average molecular weight is 615 g/mol. The van der Waals surface area contributed by atoms with Crippen molar-refractivity contribution in [1.82, 2.24) is 25.0 Å². The molecular formula is C31H31ClF4N6O. The molecule has 0 aliphatic carbocycles. The van der Waals surface area contributed by atoms with Crippen molar-refractivity contribution in [2.75, 3.05) is 26.7 Å². The second-order valence-electron chi connectivity index (χ2n) is 11.5. The second-order valence-corrected chi connectivity index (χ2v) is 11.9. The van der Waals surface area contributed by atoms with E-state index in [0.717, 1.165) is 25.8 Å². The number of likely N-dealkylation sites (tertiary alicyclic amines) is 1. The van der Waals surface area contributed by atoms with Crippen LogP contribution < -0.4 is 10.1 Å². The molecule has 4 aromatic rings. The third-order valence-corrected chi connectivity index (χ3v) is 9.05. The number of nitrogens with one attached hydrogen (secondary N) is 1. The molecule has 0 bridgehead atoms. The van der Waals surface area contributed by atoms with Crippen molar-refractivity contribution in [3.63, 3.8) is 0 Å². The van der Waals surface area contributed by atoms with E-state index in [4.69, 9.17) is 16.3 Å². The molecule has 1 unspecified atom stereocenters. The van der Waals surface area contributed by atoms with Gasteiger partial charge in [-0.25, -0.2) is 9.37 Å². The third kappa shape index (κ3) is 5.41. The van der Waals surface area contributed by atoms with Gasteiger partial charge >= 0.3 is 6.18 Å². The number of aryl methyl sites for hydroxylation is 1. The molecule has 43 heavy (non-hydrogen) atoms. The van der Waals surface area contributed by atoms with Crippen LogP contribution in [-0.4, -0.2) is 58.5 Å². The molecule has 2 saturated heterocycles. The van der Waals surface area contributed by atoms with Gasteiger partial charge in [0.2, 0.25) is 5.88 Å². The summed E-state index contributed by atoms with van der Waals surface area (Å²) in [5, 5.41) is 18.0. The van der Waals surface area contributed by atoms with E-state index in [-0.39, 0.29) is 51.2 Å². The van der Waals surface area contributed by atoms with Gasteiger partial charge in [0.1, 0.15) is 12.1 Å². The van der Waals surface area contributed by atoms with E-state index in [1.54, 1.807) is 6.20 Å². The summed E-state index contributed by atoms with van der Waals surface area (Å²) in [4.78, 5) is 6.76. The Morgan fingerprint density at radius 2 is 2.05 bits per heavy atom. The van der Waals surface area contributed by atoms with Gasteiger partial charge in [-0.05, 0) is 69.9 Å². The Hall–Kier alpha value is -3.46. The summed E-state index contributed by atoms with van der Waals surface area (Å²) in [5.41, 5.74) is -1.28. The molecule has 12 heteroatoms. The highest BCUT2D eigenvalue weighted by Crippen LogP contribution is 2.45. The Labute approximate surface area is 251 Å². The SMILES string of the molecule is Cc1cccc(-c2c(Cl)cc3c(nc(OCC4CCCN4C)c4cnn([C@H]5CCN[C@H](CC#N)C5)c43)c2F)c1C(F)(F)F. The predicted molar refractivity (Wildman–Crippen MR) is 157 cm³/mol. The fourth-order valence-electron chi connectivity index (χ4n) is 6.57. The number of hydrogen-bond acceptors (Lipinski definition) is 6. The number of fused-ring (bicyclic) bond motifs is 3. The van der Waals surface area contributed by atoms with Gasteiger partial charge < -0.3 is 15.0 Å². The van der Waals surface area contributed by atoms with Gasteiger partial charge in [-0.15, -0.1) is 0 Å². The molecule has 2 aliphatic heterocycles. The van der Waals surface area contributed by atoms with Crippen molar-refractivity contribution >= 4 is 33.4 Å². The monoisotopic (exact) mass is 614 g/mol. The van der Waals surface area contributed by atoms with Crippen molar-refractivity contribution in [2.24, 2.45) is 0 Å². The molecule has 7 nitrogen and oxygen atoms in total. The Kier molecular flexibility index (Phi) is 7.96. The molecule has 2 aromatic heterocycles. The second kappa shape index (κ2) is 11.6. The van der Waals surface area contributed by atoms with Gasteiger partial charge in [0.05, 0.1) is 46.2 Å². The number of ether oxygens (including phenoxy) is 1. The molecule has 2 aliphatic rings. The summed E-state index contributed by atoms with van der Waals surface area (Å²) in [6, 6.07) is 7.73. The number of nitriles is 1. The van der Waals surface area contributed by atoms with Crippen molar-refractivity contribution in [1.29, 1.82) is 5.26 Å². The molecular weight excluding hydrogens is 584 g/mol. The van der Waals surface area contributed by atoms with Crippen LogP contribution in [0, 0.1) is 24.1 Å². The van der Waals surface area contributed by atoms with Gasteiger partial charge in [-0.1, -0.05) is 29.8 Å². The summed E-state index contributed by atoms with van der Waals surface area (Å²) in [7, 11) is 2.02. The Morgan fingerprint density at radius 1 is 1.23 bits per heavy atom. The van der Waals surface area contributed by atoms with Crippen LogP contribution in [0.4, 0.5) is 17.6 Å². The minimum Gasteiger partial charge on any atom is -0.475 e. The summed E-state index contributed by atoms with van der Waals surface area (Å²) in [5.74, 6) is -0.784. The number of pyridine rings is 1. The highest BCUT2D eigenvalue weighted by atomic mass is 35.5. The molecule has 0 saturated carbocycles. The van der Waals surface area contributed by atoms with Gasteiger partial charge in [0.25, 0.3) is 0 Å². The van der Waals surface area contributed by atoms with Crippen molar-refractivity contribution in [3.8, 4) is 23.1 Å². The van der Waals surface area contributed by atoms with Crippen LogP contribution in [0.1, 0.15) is 49.3 Å². The van der Waals surface area contributed by atoms with Crippen molar-refractivity contribution in [3.05, 3.63) is 52.4 Å². The van der Waals surface area contributed by atoms with E-state index in [9.17, 15) is 18.4 Å². The number of alkyl halides is 3. The maximum atomic E-state index is 16.6. The number of rotatable bonds is 6. The Morgan fingerprint density at radius 3 is 2.77 bits per heavy atom. The lowest BCUT2D eigenvalue weighted by Gasteiger charge is -2.30. The van der Waals surface area contributed by atoms with Crippen molar-refractivity contribution < 1.29 is 22.3 Å². The van der Waals surface area contributed by atoms with E-state index >= 15 is 4.39 Å². The van der Waals surface area contributed by atoms with Crippen LogP contribution >= 0.6 is 11.6 Å². The standard InChI is InChI=1S/C31H31ClF4N6O/c1-17-5-3-7-21(26(17)31(34,35)36)25-24(32)14-22-28(27(25)33)40-30(43-16-20-6-4-12-41(20)2)23-15-39-42(29(22)23)19-9-11-38-18(13-19)8-10-37/h3,5,7,14-15,18-20,38H,4,6,8-9,11-13,16H2,1-2H3/t18-,19+,20?/m1/s1. The van der Waals surface area contributed by atoms with Crippen LogP contribution in [0.15, 0.2) is 30.5 Å². The number of nitrogens with zero attached hydrogens (tertiary/aromatic N) is 5. The lowest BCUT2D eigenvalue weighted by atomic mass is 9.93. The summed E-state index contributed by atoms with van der Waals surface area (Å²) in [6.45, 7) is 3.28. The molecule has 3 atom stereocenters. The summed E-state index contributed by atoms with van der Waals surface area (Å²) >= 11 is 6.64. The van der Waals surface area contributed by atoms with Crippen LogP contribution in [0.3, 0.4) is 0 Å². The average Bonchev–Trinajstić information content (AvgIpc) is 3.58. The lowest BCUT2D eigenvalue weighted by molar-refractivity contribution is -0.137. The van der Waals surface area contributed by atoms with Gasteiger partial charge in [-0.2, -0.15) is 23.5 Å². The summed E-state index contributed by atoms with van der Waals surface area (Å²) in [6.07, 6.45) is 0.586. The normalized spacial score (nSPS) is 21.5. The highest BCUT2D eigenvalue weighted by molar-refractivity contribution is 6.34. The van der Waals surface area contributed by atoms with E-state index in [0.29, 0.717) is 42.3 Å². The van der Waals surface area contributed by atoms with Gasteiger partial charge in [0, 0.05) is 23.0 Å². The van der Waals surface area contributed by atoms with E-state index in [1.807, 2.05) is 11.7 Å². The molecule has 226 valence electrons. The molecule has 1 N–H and O–H groups in total. The minimum absolute atomic E-state index is 0.0289. The largest absolute Gasteiger partial charge is 0.475 e. The lowest BCUT2D eigenvalue weighted by Crippen LogP contribution is -2.38. The smallest absolute Gasteiger partial charge is 0.417 e. The Bertz CT molecular complexity index is 1730. The molecule has 0 radical (unpaired) electrons. The fourth-order valence-corrected chi connectivity index (χ4v) is 6.86. The number of halogens is 5. The first-order valence-corrected chi connectivity index (χ1v) is 14.8. The van der Waals surface area contributed by atoms with Crippen molar-refractivity contribution in [2.45, 2.75) is 63.3 Å². The number of benzene rings is 2. The molecule has 4 heterocycles. The van der Waals surface area contributed by atoms with Gasteiger partial charge in [0.15, 0.2) is 5.82 Å². The Balaban J connectivity index is 1.57. The first-order valence-electron chi connectivity index (χ1n) is 14.4. The molecule has 2 aromatic carbocycles. The molecule has 0 amide bonds. The number of likely N-dealkylation sites (N-methyl/N-ethyl adjacent to an activating group) is 1. The van der Waals surface area contributed by atoms with E-state index in [2.05, 4.69) is 26.4 Å². The van der Waals surface area contributed by atoms with E-state index in [1.165, 1.54) is 31.2 Å². The number of hydrogen-bond donors (Lipinski definition) is 1. The molecule has 2 fully saturated rings. The maximum Gasteiger partial charge on any atom is 0.417 e. The first kappa shape index (κ1) is 29.6. The zero-order valence-corrected chi connectivity index (χ0v) is 24.6. The van der Waals surface area contributed by atoms with E-state index < -0.39 is 17.6 Å². The number of piperidine rings is 1. The molecule has 0 spiro atoms. The third-order valence-electron chi connectivity index (χ3n) is 8.75.